The molecule has 0 saturated heterocycles. The quantitative estimate of drug-likeness (QED) is 0.849. The zero-order valence-electron chi connectivity index (χ0n) is 12.8. The summed E-state index contributed by atoms with van der Waals surface area (Å²) in [6, 6.07) is 11.4. The molecule has 1 aromatic heterocycles. The summed E-state index contributed by atoms with van der Waals surface area (Å²) in [5, 5.41) is 3.56. The highest BCUT2D eigenvalue weighted by atomic mass is 32.1. The van der Waals surface area contributed by atoms with Crippen LogP contribution in [0.25, 0.3) is 0 Å². The van der Waals surface area contributed by atoms with Crippen molar-refractivity contribution in [2.45, 2.75) is 45.8 Å². The normalized spacial score (nSPS) is 17.0. The third kappa shape index (κ3) is 3.14. The minimum absolute atomic E-state index is 0.502. The van der Waals surface area contributed by atoms with Crippen molar-refractivity contribution >= 4 is 11.3 Å². The highest BCUT2D eigenvalue weighted by Gasteiger charge is 2.24. The predicted molar refractivity (Wildman–Crippen MR) is 89.2 cm³/mol. The van der Waals surface area contributed by atoms with Crippen molar-refractivity contribution < 1.29 is 4.74 Å². The first-order valence-electron chi connectivity index (χ1n) is 7.87. The van der Waals surface area contributed by atoms with Crippen LogP contribution >= 0.6 is 11.3 Å². The molecule has 0 fully saturated rings. The molecule has 1 unspecified atom stereocenters. The molecule has 2 aromatic rings. The number of hydrogen-bond donors (Lipinski definition) is 1. The van der Waals surface area contributed by atoms with E-state index in [1.165, 1.54) is 27.3 Å². The lowest BCUT2D eigenvalue weighted by atomic mass is 10.1. The van der Waals surface area contributed by atoms with Gasteiger partial charge in [-0.3, -0.25) is 0 Å². The van der Waals surface area contributed by atoms with Crippen LogP contribution in [0.15, 0.2) is 30.3 Å². The lowest BCUT2D eigenvalue weighted by Gasteiger charge is -2.14. The molecule has 1 heterocycles. The van der Waals surface area contributed by atoms with Crippen molar-refractivity contribution in [1.29, 1.82) is 0 Å². The Morgan fingerprint density at radius 2 is 2.05 bits per heavy atom. The maximum atomic E-state index is 6.10. The van der Waals surface area contributed by atoms with Crippen LogP contribution in [0.2, 0.25) is 0 Å². The van der Waals surface area contributed by atoms with E-state index in [0.29, 0.717) is 12.6 Å². The molecule has 0 amide bonds. The van der Waals surface area contributed by atoms with E-state index in [9.17, 15) is 0 Å². The molecule has 1 aliphatic rings. The maximum Gasteiger partial charge on any atom is 0.123 e. The molecule has 112 valence electrons. The van der Waals surface area contributed by atoms with Crippen LogP contribution in [0.4, 0.5) is 0 Å². The van der Waals surface area contributed by atoms with E-state index < -0.39 is 0 Å². The lowest BCUT2D eigenvalue weighted by Crippen LogP contribution is -2.18. The van der Waals surface area contributed by atoms with Gasteiger partial charge in [-0.05, 0) is 55.1 Å². The van der Waals surface area contributed by atoms with E-state index in [-0.39, 0.29) is 0 Å². The van der Waals surface area contributed by atoms with Gasteiger partial charge in [0, 0.05) is 15.8 Å². The molecule has 21 heavy (non-hydrogen) atoms. The van der Waals surface area contributed by atoms with Gasteiger partial charge in [0.25, 0.3) is 0 Å². The van der Waals surface area contributed by atoms with E-state index in [4.69, 9.17) is 4.74 Å². The summed E-state index contributed by atoms with van der Waals surface area (Å²) in [5.41, 5.74) is 2.82. The lowest BCUT2D eigenvalue weighted by molar-refractivity contribution is 0.307. The molecule has 1 atom stereocenters. The number of nitrogens with one attached hydrogen (secondary N) is 1. The number of rotatable bonds is 6. The second-order valence-electron chi connectivity index (χ2n) is 5.48. The Morgan fingerprint density at radius 3 is 2.81 bits per heavy atom. The van der Waals surface area contributed by atoms with Crippen molar-refractivity contribution in [3.63, 3.8) is 0 Å². The van der Waals surface area contributed by atoms with Crippen LogP contribution in [-0.2, 0) is 19.4 Å². The summed E-state index contributed by atoms with van der Waals surface area (Å²) in [6.45, 7) is 6.07. The van der Waals surface area contributed by atoms with Gasteiger partial charge >= 0.3 is 0 Å². The minimum Gasteiger partial charge on any atom is -0.488 e. The monoisotopic (exact) mass is 301 g/mol. The van der Waals surface area contributed by atoms with Crippen molar-refractivity contribution in [2.75, 3.05) is 6.54 Å². The van der Waals surface area contributed by atoms with Crippen LogP contribution < -0.4 is 10.1 Å². The van der Waals surface area contributed by atoms with Crippen LogP contribution in [0.1, 0.15) is 47.2 Å². The highest BCUT2D eigenvalue weighted by Crippen LogP contribution is 2.37. The predicted octanol–water partition coefficient (Wildman–Crippen LogP) is 4.49. The van der Waals surface area contributed by atoms with Crippen LogP contribution in [0.5, 0.6) is 5.75 Å². The van der Waals surface area contributed by atoms with Crippen molar-refractivity contribution in [3.05, 3.63) is 51.2 Å². The fourth-order valence-corrected chi connectivity index (χ4v) is 3.92. The zero-order valence-corrected chi connectivity index (χ0v) is 13.6. The number of ether oxygens (including phenoxy) is 1. The van der Waals surface area contributed by atoms with Gasteiger partial charge in [0.2, 0.25) is 0 Å². The zero-order chi connectivity index (χ0) is 14.7. The Kier molecular flexibility index (Phi) is 4.61. The molecular formula is C18H23NOS. The Labute approximate surface area is 131 Å². The van der Waals surface area contributed by atoms with Gasteiger partial charge in [-0.1, -0.05) is 26.0 Å². The van der Waals surface area contributed by atoms with Gasteiger partial charge in [-0.15, -0.1) is 11.3 Å². The summed E-state index contributed by atoms with van der Waals surface area (Å²) in [5.74, 6) is 1.07. The topological polar surface area (TPSA) is 21.3 Å². The van der Waals surface area contributed by atoms with Crippen molar-refractivity contribution in [2.24, 2.45) is 0 Å². The summed E-state index contributed by atoms with van der Waals surface area (Å²) in [6.07, 6.45) is 3.41. The van der Waals surface area contributed by atoms with Crippen LogP contribution in [0, 0.1) is 0 Å². The van der Waals surface area contributed by atoms with Gasteiger partial charge in [-0.25, -0.2) is 0 Å². The van der Waals surface area contributed by atoms with Gasteiger partial charge in [0.05, 0.1) is 0 Å². The maximum absolute atomic E-state index is 6.10. The molecule has 3 heteroatoms. The molecule has 0 bridgehead atoms. The van der Waals surface area contributed by atoms with E-state index in [1.807, 2.05) is 11.3 Å². The third-order valence-electron chi connectivity index (χ3n) is 4.11. The summed E-state index contributed by atoms with van der Waals surface area (Å²) in [4.78, 5) is 2.74. The van der Waals surface area contributed by atoms with Crippen LogP contribution in [-0.4, -0.2) is 6.54 Å². The Hall–Kier alpha value is -1.32. The Balaban J connectivity index is 1.72. The number of thiophene rings is 1. The van der Waals surface area contributed by atoms with Crippen molar-refractivity contribution in [3.8, 4) is 5.75 Å². The fourth-order valence-electron chi connectivity index (χ4n) is 3.05. The average molecular weight is 301 g/mol. The first-order valence-corrected chi connectivity index (χ1v) is 8.69. The van der Waals surface area contributed by atoms with E-state index in [0.717, 1.165) is 25.1 Å². The fraction of sp³-hybridized carbons (Fsp3) is 0.444. The second-order valence-corrected chi connectivity index (χ2v) is 6.74. The first-order chi connectivity index (χ1) is 10.3. The first kappa shape index (κ1) is 14.6. The standard InChI is InChI=1S/C18H23NOS/c1-3-13-8-9-14(21-13)12-20-18-7-5-6-15-16(18)10-11-17(15)19-4-2/h5-9,17,19H,3-4,10-12H2,1-2H3. The highest BCUT2D eigenvalue weighted by molar-refractivity contribution is 7.11. The third-order valence-corrected chi connectivity index (χ3v) is 5.32. The molecule has 0 saturated carbocycles. The van der Waals surface area contributed by atoms with Crippen molar-refractivity contribution in [1.82, 2.24) is 5.32 Å². The number of benzene rings is 1. The van der Waals surface area contributed by atoms with Crippen LogP contribution in [0.3, 0.4) is 0 Å². The van der Waals surface area contributed by atoms with E-state index in [2.05, 4.69) is 49.5 Å². The van der Waals surface area contributed by atoms with E-state index in [1.54, 1.807) is 0 Å². The largest absolute Gasteiger partial charge is 0.488 e. The minimum atomic E-state index is 0.502. The van der Waals surface area contributed by atoms with Gasteiger partial charge in [0.1, 0.15) is 12.4 Å². The molecule has 2 nitrogen and oxygen atoms in total. The van der Waals surface area contributed by atoms with E-state index >= 15 is 0 Å². The molecule has 3 rings (SSSR count). The Bertz CT molecular complexity index is 605. The molecule has 0 radical (unpaired) electrons. The van der Waals surface area contributed by atoms with Gasteiger partial charge in [0.15, 0.2) is 0 Å². The number of hydrogen-bond acceptors (Lipinski definition) is 3. The van der Waals surface area contributed by atoms with Gasteiger partial charge in [-0.2, -0.15) is 0 Å². The summed E-state index contributed by atoms with van der Waals surface area (Å²) >= 11 is 1.86. The molecular weight excluding hydrogens is 278 g/mol. The molecule has 1 aromatic carbocycles. The van der Waals surface area contributed by atoms with Gasteiger partial charge < -0.3 is 10.1 Å². The molecule has 1 N–H and O–H groups in total. The number of aryl methyl sites for hydroxylation is 1. The summed E-state index contributed by atoms with van der Waals surface area (Å²) in [7, 11) is 0. The average Bonchev–Trinajstić information content (AvgIpc) is 3.13. The smallest absolute Gasteiger partial charge is 0.123 e. The summed E-state index contributed by atoms with van der Waals surface area (Å²) < 4.78 is 6.10. The molecule has 0 spiro atoms. The molecule has 0 aliphatic heterocycles. The Morgan fingerprint density at radius 1 is 1.19 bits per heavy atom. The molecule has 1 aliphatic carbocycles. The second kappa shape index (κ2) is 6.63. The SMILES string of the molecule is CCNC1CCc2c(OCc3ccc(CC)s3)cccc21. The number of fused-ring (bicyclic) bond motifs is 1.